The minimum absolute atomic E-state index is 0.0217. The smallest absolute Gasteiger partial charge is 0.230 e. The van der Waals surface area contributed by atoms with Crippen molar-refractivity contribution in [2.45, 2.75) is 19.1 Å². The number of aliphatic hydroxyl groups is 2. The Morgan fingerprint density at radius 1 is 1.37 bits per heavy atom. The van der Waals surface area contributed by atoms with Crippen LogP contribution in [0.1, 0.15) is 6.42 Å². The van der Waals surface area contributed by atoms with Crippen LogP contribution >= 0.6 is 0 Å². The SMILES string of the molecule is O=C1CC(O)CN1c1ncnc2c1ncn2CCO. The van der Waals surface area contributed by atoms with Gasteiger partial charge in [-0.15, -0.1) is 0 Å². The minimum atomic E-state index is -0.669. The molecule has 8 nitrogen and oxygen atoms in total. The van der Waals surface area contributed by atoms with Gasteiger partial charge >= 0.3 is 0 Å². The van der Waals surface area contributed by atoms with Gasteiger partial charge in [-0.2, -0.15) is 0 Å². The molecule has 1 fully saturated rings. The molecule has 1 atom stereocenters. The number of nitrogens with zero attached hydrogens (tertiary/aromatic N) is 5. The molecule has 0 aliphatic carbocycles. The van der Waals surface area contributed by atoms with Gasteiger partial charge in [0.25, 0.3) is 0 Å². The number of fused-ring (bicyclic) bond motifs is 1. The van der Waals surface area contributed by atoms with E-state index in [1.807, 2.05) is 0 Å². The third kappa shape index (κ3) is 1.94. The van der Waals surface area contributed by atoms with Gasteiger partial charge < -0.3 is 14.8 Å². The lowest BCUT2D eigenvalue weighted by atomic mass is 10.3. The second-order valence-corrected chi connectivity index (χ2v) is 4.39. The summed E-state index contributed by atoms with van der Waals surface area (Å²) in [4.78, 5) is 25.6. The van der Waals surface area contributed by atoms with Crippen LogP contribution in [0.5, 0.6) is 0 Å². The van der Waals surface area contributed by atoms with Crippen LogP contribution in [0.3, 0.4) is 0 Å². The van der Waals surface area contributed by atoms with Gasteiger partial charge in [-0.1, -0.05) is 0 Å². The highest BCUT2D eigenvalue weighted by Gasteiger charge is 2.31. The number of amides is 1. The van der Waals surface area contributed by atoms with E-state index < -0.39 is 6.10 Å². The number of aromatic nitrogens is 4. The number of carbonyl (C=O) groups excluding carboxylic acids is 1. The van der Waals surface area contributed by atoms with Crippen molar-refractivity contribution in [3.63, 3.8) is 0 Å². The quantitative estimate of drug-likeness (QED) is 0.729. The second kappa shape index (κ2) is 4.56. The number of aliphatic hydroxyl groups excluding tert-OH is 2. The average molecular weight is 263 g/mol. The summed E-state index contributed by atoms with van der Waals surface area (Å²) in [6, 6.07) is 0. The molecule has 1 amide bonds. The summed E-state index contributed by atoms with van der Waals surface area (Å²) in [6.45, 7) is 0.577. The largest absolute Gasteiger partial charge is 0.395 e. The highest BCUT2D eigenvalue weighted by atomic mass is 16.3. The number of rotatable bonds is 3. The summed E-state index contributed by atoms with van der Waals surface area (Å²) in [5, 5.41) is 18.5. The molecule has 19 heavy (non-hydrogen) atoms. The zero-order valence-corrected chi connectivity index (χ0v) is 10.1. The zero-order chi connectivity index (χ0) is 13.4. The van der Waals surface area contributed by atoms with E-state index in [0.717, 1.165) is 0 Å². The summed E-state index contributed by atoms with van der Waals surface area (Å²) < 4.78 is 1.69. The van der Waals surface area contributed by atoms with E-state index in [-0.39, 0.29) is 25.5 Å². The first kappa shape index (κ1) is 12.0. The van der Waals surface area contributed by atoms with Gasteiger partial charge in [0.15, 0.2) is 17.0 Å². The van der Waals surface area contributed by atoms with Gasteiger partial charge in [-0.3, -0.25) is 9.69 Å². The van der Waals surface area contributed by atoms with E-state index in [4.69, 9.17) is 5.11 Å². The maximum Gasteiger partial charge on any atom is 0.230 e. The third-order valence-electron chi connectivity index (χ3n) is 3.08. The Kier molecular flexibility index (Phi) is 2.88. The monoisotopic (exact) mass is 263 g/mol. The molecule has 3 rings (SSSR count). The standard InChI is InChI=1S/C11H13N5O3/c17-2-1-15-6-14-9-10(15)12-5-13-11(9)16-4-7(18)3-8(16)19/h5-7,17-18H,1-4H2. The summed E-state index contributed by atoms with van der Waals surface area (Å²) in [6.07, 6.45) is 2.33. The van der Waals surface area contributed by atoms with Crippen molar-refractivity contribution >= 4 is 22.9 Å². The molecule has 2 aromatic rings. The third-order valence-corrected chi connectivity index (χ3v) is 3.08. The van der Waals surface area contributed by atoms with Crippen LogP contribution in [0.4, 0.5) is 5.82 Å². The van der Waals surface area contributed by atoms with Crippen LogP contribution in [-0.2, 0) is 11.3 Å². The first-order valence-electron chi connectivity index (χ1n) is 5.96. The van der Waals surface area contributed by atoms with Crippen molar-refractivity contribution in [1.29, 1.82) is 0 Å². The van der Waals surface area contributed by atoms with Crippen LogP contribution in [0, 0.1) is 0 Å². The molecular weight excluding hydrogens is 250 g/mol. The zero-order valence-electron chi connectivity index (χ0n) is 10.1. The molecule has 8 heteroatoms. The Morgan fingerprint density at radius 2 is 2.21 bits per heavy atom. The van der Waals surface area contributed by atoms with Gasteiger partial charge in [0, 0.05) is 6.54 Å². The van der Waals surface area contributed by atoms with Gasteiger partial charge in [0.1, 0.15) is 6.33 Å². The number of imidazole rings is 1. The van der Waals surface area contributed by atoms with Gasteiger partial charge in [-0.05, 0) is 0 Å². The van der Waals surface area contributed by atoms with Crippen LogP contribution in [0.15, 0.2) is 12.7 Å². The Morgan fingerprint density at radius 3 is 2.89 bits per heavy atom. The Balaban J connectivity index is 2.07. The fourth-order valence-electron chi connectivity index (χ4n) is 2.23. The van der Waals surface area contributed by atoms with E-state index in [9.17, 15) is 9.90 Å². The summed E-state index contributed by atoms with van der Waals surface area (Å²) in [5.74, 6) is 0.229. The molecule has 3 heterocycles. The number of β-amino-alcohol motifs (C(OH)–C–C–N with tert-alkyl or cyclic N) is 1. The molecule has 0 spiro atoms. The van der Waals surface area contributed by atoms with E-state index in [0.29, 0.717) is 23.5 Å². The highest BCUT2D eigenvalue weighted by Crippen LogP contribution is 2.25. The number of carbonyl (C=O) groups is 1. The molecule has 1 aliphatic rings. The minimum Gasteiger partial charge on any atom is -0.395 e. The van der Waals surface area contributed by atoms with Crippen molar-refractivity contribution in [2.24, 2.45) is 0 Å². The Labute approximate surface area is 108 Å². The maximum atomic E-state index is 11.8. The van der Waals surface area contributed by atoms with Gasteiger partial charge in [-0.25, -0.2) is 15.0 Å². The predicted molar refractivity (Wildman–Crippen MR) is 65.4 cm³/mol. The summed E-state index contributed by atoms with van der Waals surface area (Å²) in [5.41, 5.74) is 1.06. The first-order valence-corrected chi connectivity index (χ1v) is 5.96. The van der Waals surface area contributed by atoms with E-state index >= 15 is 0 Å². The first-order chi connectivity index (χ1) is 9.20. The molecule has 0 saturated carbocycles. The van der Waals surface area contributed by atoms with Crippen molar-refractivity contribution in [3.8, 4) is 0 Å². The van der Waals surface area contributed by atoms with Gasteiger partial charge in [0.2, 0.25) is 5.91 Å². The topological polar surface area (TPSA) is 104 Å². The van der Waals surface area contributed by atoms with Crippen LogP contribution in [0.25, 0.3) is 11.2 Å². The van der Waals surface area contributed by atoms with Crippen molar-refractivity contribution in [1.82, 2.24) is 19.5 Å². The van der Waals surface area contributed by atoms with Crippen molar-refractivity contribution in [3.05, 3.63) is 12.7 Å². The molecule has 100 valence electrons. The van der Waals surface area contributed by atoms with E-state index in [1.165, 1.54) is 11.2 Å². The molecule has 1 saturated heterocycles. The fraction of sp³-hybridized carbons (Fsp3) is 0.455. The number of anilines is 1. The molecule has 1 aliphatic heterocycles. The lowest BCUT2D eigenvalue weighted by molar-refractivity contribution is -0.117. The number of hydrogen-bond donors (Lipinski definition) is 2. The van der Waals surface area contributed by atoms with Crippen molar-refractivity contribution in [2.75, 3.05) is 18.1 Å². The predicted octanol–water partition coefficient (Wildman–Crippen LogP) is -1.08. The van der Waals surface area contributed by atoms with Crippen LogP contribution in [-0.4, -0.2) is 54.9 Å². The molecule has 0 aromatic carbocycles. The Hall–Kier alpha value is -2.06. The molecule has 2 aromatic heterocycles. The van der Waals surface area contributed by atoms with Crippen LogP contribution < -0.4 is 4.90 Å². The fourth-order valence-corrected chi connectivity index (χ4v) is 2.23. The average Bonchev–Trinajstić information content (AvgIpc) is 2.94. The lowest BCUT2D eigenvalue weighted by Crippen LogP contribution is -2.26. The number of hydrogen-bond acceptors (Lipinski definition) is 6. The summed E-state index contributed by atoms with van der Waals surface area (Å²) in [7, 11) is 0. The van der Waals surface area contributed by atoms with E-state index in [2.05, 4.69) is 15.0 Å². The highest BCUT2D eigenvalue weighted by molar-refractivity contribution is 6.00. The van der Waals surface area contributed by atoms with Gasteiger partial charge in [0.05, 0.1) is 32.0 Å². The normalized spacial score (nSPS) is 19.6. The molecule has 0 bridgehead atoms. The maximum absolute atomic E-state index is 11.8. The Bertz CT molecular complexity index is 626. The van der Waals surface area contributed by atoms with Crippen LogP contribution in [0.2, 0.25) is 0 Å². The lowest BCUT2D eigenvalue weighted by Gasteiger charge is -2.14. The molecule has 1 unspecified atom stereocenters. The molecule has 0 radical (unpaired) electrons. The second-order valence-electron chi connectivity index (χ2n) is 4.39. The van der Waals surface area contributed by atoms with E-state index in [1.54, 1.807) is 10.9 Å². The summed E-state index contributed by atoms with van der Waals surface area (Å²) >= 11 is 0. The molecule has 2 N–H and O–H groups in total. The molecular formula is C11H13N5O3. The van der Waals surface area contributed by atoms with Crippen molar-refractivity contribution < 1.29 is 15.0 Å².